The first kappa shape index (κ1) is 47.1. The lowest BCUT2D eigenvalue weighted by Crippen LogP contribution is -2.27. The number of phosphoric acid groups is 1. The molecule has 0 heterocycles. The Bertz CT molecular complexity index is 613. The van der Waals surface area contributed by atoms with Crippen molar-refractivity contribution < 1.29 is 18.5 Å². The molecule has 0 spiro atoms. The zero-order valence-electron chi connectivity index (χ0n) is 32.4. The maximum Gasteiger partial charge on any atom is 0.472 e. The normalized spacial score (nSPS) is 13.1. The molecular weight excluding hydrogens is 601 g/mol. The predicted octanol–water partition coefficient (Wildman–Crippen LogP) is 14.4. The molecule has 0 saturated heterocycles. The third kappa shape index (κ3) is 38.7. The molecule has 1 N–H and O–H groups in total. The fourth-order valence-electron chi connectivity index (χ4n) is 6.58. The minimum absolute atomic E-state index is 0.315. The lowest BCUT2D eigenvalue weighted by Gasteiger charge is -2.22. The first-order valence-electron chi connectivity index (χ1n) is 21.4. The average Bonchev–Trinajstić information content (AvgIpc) is 3.06. The van der Waals surface area contributed by atoms with Gasteiger partial charge in [-0.3, -0.25) is 9.05 Å². The van der Waals surface area contributed by atoms with Gasteiger partial charge >= 0.3 is 7.82 Å². The highest BCUT2D eigenvalue weighted by Gasteiger charge is 2.20. The first-order chi connectivity index (χ1) is 23.1. The molecule has 0 radical (unpaired) electrons. The molecule has 0 aromatic carbocycles. The van der Waals surface area contributed by atoms with Gasteiger partial charge in [0.05, 0.1) is 13.2 Å². The summed E-state index contributed by atoms with van der Waals surface area (Å²) in [6.07, 6.45) is 43.1. The molecule has 0 aromatic heterocycles. The largest absolute Gasteiger partial charge is 0.472 e. The summed E-state index contributed by atoms with van der Waals surface area (Å²) in [4.78, 5) is 12.7. The van der Waals surface area contributed by atoms with Gasteiger partial charge in [0.25, 0.3) is 0 Å². The summed E-state index contributed by atoms with van der Waals surface area (Å²) in [6.45, 7) is 11.2. The number of rotatable bonds is 41. The number of hydrogen-bond donors (Lipinski definition) is 1. The van der Waals surface area contributed by atoms with Crippen LogP contribution in [0.2, 0.25) is 0 Å². The van der Waals surface area contributed by atoms with E-state index in [2.05, 4.69) is 25.7 Å². The number of nitrogens with zero attached hydrogens (tertiary/aromatic N) is 1. The van der Waals surface area contributed by atoms with Crippen LogP contribution in [0, 0.1) is 0 Å². The van der Waals surface area contributed by atoms with E-state index in [1.807, 2.05) is 0 Å². The van der Waals surface area contributed by atoms with Crippen LogP contribution in [0.3, 0.4) is 0 Å². The fraction of sp³-hybridized carbons (Fsp3) is 1.00. The van der Waals surface area contributed by atoms with E-state index in [1.54, 1.807) is 0 Å². The summed E-state index contributed by atoms with van der Waals surface area (Å²) in [7, 11) is -3.90. The monoisotopic (exact) mass is 688 g/mol. The Kier molecular flexibility index (Phi) is 38.9. The van der Waals surface area contributed by atoms with Crippen molar-refractivity contribution in [3.8, 4) is 0 Å². The quantitative estimate of drug-likeness (QED) is 0.0512. The highest BCUT2D eigenvalue weighted by atomic mass is 31.2. The minimum atomic E-state index is -3.90. The third-order valence-electron chi connectivity index (χ3n) is 9.78. The summed E-state index contributed by atoms with van der Waals surface area (Å²) >= 11 is 0. The smallest absolute Gasteiger partial charge is 0.303 e. The van der Waals surface area contributed by atoms with Crippen molar-refractivity contribution in [3.63, 3.8) is 0 Å². The van der Waals surface area contributed by atoms with Crippen LogP contribution < -0.4 is 0 Å². The van der Waals surface area contributed by atoms with Crippen LogP contribution in [0.5, 0.6) is 0 Å². The molecule has 6 heteroatoms. The summed E-state index contributed by atoms with van der Waals surface area (Å²) in [5.41, 5.74) is 0. The van der Waals surface area contributed by atoms with Crippen molar-refractivity contribution in [2.75, 3.05) is 32.8 Å². The molecule has 0 aliphatic carbocycles. The zero-order valence-corrected chi connectivity index (χ0v) is 33.3. The van der Waals surface area contributed by atoms with E-state index >= 15 is 0 Å². The second kappa shape index (κ2) is 38.9. The van der Waals surface area contributed by atoms with Crippen LogP contribution >= 0.6 is 7.82 Å². The molecule has 47 heavy (non-hydrogen) atoms. The van der Waals surface area contributed by atoms with E-state index < -0.39 is 7.82 Å². The molecule has 1 atom stereocenters. The van der Waals surface area contributed by atoms with Gasteiger partial charge in [-0.15, -0.1) is 0 Å². The Morgan fingerprint density at radius 3 is 0.830 bits per heavy atom. The van der Waals surface area contributed by atoms with Crippen LogP contribution in [0.25, 0.3) is 0 Å². The Morgan fingerprint density at radius 1 is 0.362 bits per heavy atom. The minimum Gasteiger partial charge on any atom is -0.303 e. The Balaban J connectivity index is 3.94. The molecule has 0 aliphatic heterocycles. The van der Waals surface area contributed by atoms with Crippen molar-refractivity contribution in [2.45, 2.75) is 233 Å². The molecule has 1 unspecified atom stereocenters. The van der Waals surface area contributed by atoms with E-state index in [9.17, 15) is 9.46 Å². The summed E-state index contributed by atoms with van der Waals surface area (Å²) in [6, 6.07) is 0. The molecule has 0 fully saturated rings. The van der Waals surface area contributed by atoms with Crippen LogP contribution in [0.15, 0.2) is 0 Å². The second-order valence-electron chi connectivity index (χ2n) is 14.6. The zero-order chi connectivity index (χ0) is 34.4. The molecule has 5 nitrogen and oxygen atoms in total. The molecule has 0 rings (SSSR count). The lowest BCUT2D eigenvalue weighted by molar-refractivity contribution is 0.145. The van der Waals surface area contributed by atoms with Crippen LogP contribution in [-0.2, 0) is 13.6 Å². The molecule has 0 bridgehead atoms. The standard InChI is InChI=1S/C41H86NO4P/c1-4-7-10-13-16-19-22-25-30-35-40-45-47(43,44)46-41-36-31-26-29-34-39-42(37-32-27-23-20-17-14-11-8-5-2)38-33-28-24-21-18-15-12-9-6-3/h4-41H2,1-3H3,(H,43,44). The van der Waals surface area contributed by atoms with E-state index in [0.29, 0.717) is 13.2 Å². The van der Waals surface area contributed by atoms with Gasteiger partial charge in [0.2, 0.25) is 0 Å². The maximum atomic E-state index is 12.2. The molecular formula is C41H86NO4P. The van der Waals surface area contributed by atoms with Gasteiger partial charge in [0.15, 0.2) is 0 Å². The van der Waals surface area contributed by atoms with Crippen LogP contribution in [-0.4, -0.2) is 42.6 Å². The maximum absolute atomic E-state index is 12.2. The first-order valence-corrected chi connectivity index (χ1v) is 22.9. The van der Waals surface area contributed by atoms with Crippen molar-refractivity contribution in [1.29, 1.82) is 0 Å². The fourth-order valence-corrected chi connectivity index (χ4v) is 7.38. The van der Waals surface area contributed by atoms with Crippen molar-refractivity contribution in [3.05, 3.63) is 0 Å². The van der Waals surface area contributed by atoms with Gasteiger partial charge in [0.1, 0.15) is 0 Å². The van der Waals surface area contributed by atoms with Gasteiger partial charge in [-0.1, -0.05) is 201 Å². The van der Waals surface area contributed by atoms with Gasteiger partial charge in [-0.05, 0) is 51.7 Å². The van der Waals surface area contributed by atoms with Crippen molar-refractivity contribution >= 4 is 7.82 Å². The highest BCUT2D eigenvalue weighted by molar-refractivity contribution is 7.47. The topological polar surface area (TPSA) is 59.0 Å². The molecule has 0 amide bonds. The van der Waals surface area contributed by atoms with Gasteiger partial charge in [0, 0.05) is 0 Å². The Labute approximate surface area is 296 Å². The molecule has 0 saturated carbocycles. The van der Waals surface area contributed by atoms with E-state index in [0.717, 1.165) is 25.7 Å². The van der Waals surface area contributed by atoms with Crippen LogP contribution in [0.1, 0.15) is 233 Å². The van der Waals surface area contributed by atoms with Crippen molar-refractivity contribution in [2.24, 2.45) is 0 Å². The lowest BCUT2D eigenvalue weighted by atomic mass is 10.1. The molecule has 284 valence electrons. The number of unbranched alkanes of at least 4 members (excludes halogenated alkanes) is 29. The summed E-state index contributed by atoms with van der Waals surface area (Å²) in [5, 5.41) is 0. The average molecular weight is 688 g/mol. The molecule has 0 aliphatic rings. The summed E-state index contributed by atoms with van der Waals surface area (Å²) in [5.74, 6) is 0. The second-order valence-corrected chi connectivity index (χ2v) is 16.0. The van der Waals surface area contributed by atoms with Gasteiger partial charge < -0.3 is 9.79 Å². The van der Waals surface area contributed by atoms with E-state index in [4.69, 9.17) is 9.05 Å². The highest BCUT2D eigenvalue weighted by Crippen LogP contribution is 2.43. The predicted molar refractivity (Wildman–Crippen MR) is 208 cm³/mol. The molecule has 0 aromatic rings. The number of phosphoric ester groups is 1. The Morgan fingerprint density at radius 2 is 0.574 bits per heavy atom. The van der Waals surface area contributed by atoms with Crippen molar-refractivity contribution in [1.82, 2.24) is 4.90 Å². The summed E-state index contributed by atoms with van der Waals surface area (Å²) < 4.78 is 22.6. The Hall–Kier alpha value is 0.0700. The van der Waals surface area contributed by atoms with Crippen LogP contribution in [0.4, 0.5) is 0 Å². The number of hydrogen-bond acceptors (Lipinski definition) is 4. The van der Waals surface area contributed by atoms with E-state index in [1.165, 1.54) is 206 Å². The SMILES string of the molecule is CCCCCCCCCCCCOP(=O)(O)OCCCCCCCN(CCCCCCCCCCC)CCCCCCCCCCC. The van der Waals surface area contributed by atoms with E-state index in [-0.39, 0.29) is 0 Å². The van der Waals surface area contributed by atoms with Gasteiger partial charge in [-0.2, -0.15) is 0 Å². The van der Waals surface area contributed by atoms with Gasteiger partial charge in [-0.25, -0.2) is 4.57 Å². The third-order valence-corrected chi connectivity index (χ3v) is 10.8.